The van der Waals surface area contributed by atoms with E-state index in [-0.39, 0.29) is 20.6 Å². The molecule has 0 saturated heterocycles. The lowest BCUT2D eigenvalue weighted by atomic mass is 10.2. The number of halogens is 3. The predicted molar refractivity (Wildman–Crippen MR) is 81.3 cm³/mol. The summed E-state index contributed by atoms with van der Waals surface area (Å²) in [5.41, 5.74) is -5.70. The van der Waals surface area contributed by atoms with Crippen LogP contribution in [-0.4, -0.2) is 42.0 Å². The number of carbonyl (C=O) groups is 1. The second-order valence-electron chi connectivity index (χ2n) is 4.80. The van der Waals surface area contributed by atoms with Crippen molar-refractivity contribution >= 4 is 27.0 Å². The van der Waals surface area contributed by atoms with Crippen molar-refractivity contribution < 1.29 is 31.1 Å². The van der Waals surface area contributed by atoms with Gasteiger partial charge in [0.1, 0.15) is 0 Å². The zero-order chi connectivity index (χ0) is 18.1. The molecule has 1 aromatic carbocycles. The van der Waals surface area contributed by atoms with Gasteiger partial charge in [-0.2, -0.15) is 21.6 Å². The maximum Gasteiger partial charge on any atom is 0.517 e. The standard InChI is InChI=1S/C14H15F3N2O4S/c1-3-18(4-2)13(20)23-12-9-19(24(21,22)14(15,16)17)11-8-6-5-7-10(11)12/h5-9H,3-4H2,1-2H3. The molecule has 132 valence electrons. The van der Waals surface area contributed by atoms with Gasteiger partial charge in [0.15, 0.2) is 5.75 Å². The first-order chi connectivity index (χ1) is 11.1. The molecule has 1 amide bonds. The number of hydrogen-bond donors (Lipinski definition) is 0. The van der Waals surface area contributed by atoms with E-state index >= 15 is 0 Å². The number of hydrogen-bond acceptors (Lipinski definition) is 4. The molecule has 1 aromatic heterocycles. The monoisotopic (exact) mass is 364 g/mol. The third-order valence-electron chi connectivity index (χ3n) is 3.41. The van der Waals surface area contributed by atoms with Crippen molar-refractivity contribution in [1.82, 2.24) is 8.87 Å². The molecular weight excluding hydrogens is 349 g/mol. The average molecular weight is 364 g/mol. The van der Waals surface area contributed by atoms with E-state index in [1.165, 1.54) is 29.2 Å². The molecule has 0 aliphatic carbocycles. The Labute approximate surface area is 136 Å². The second-order valence-corrected chi connectivity index (χ2v) is 6.60. The summed E-state index contributed by atoms with van der Waals surface area (Å²) in [7, 11) is -5.64. The smallest absolute Gasteiger partial charge is 0.408 e. The van der Waals surface area contributed by atoms with E-state index in [0.29, 0.717) is 19.3 Å². The lowest BCUT2D eigenvalue weighted by Gasteiger charge is -2.17. The summed E-state index contributed by atoms with van der Waals surface area (Å²) < 4.78 is 67.1. The van der Waals surface area contributed by atoms with Crippen LogP contribution >= 0.6 is 0 Å². The number of fused-ring (bicyclic) bond motifs is 1. The molecule has 0 spiro atoms. The van der Waals surface area contributed by atoms with E-state index in [0.717, 1.165) is 0 Å². The molecule has 10 heteroatoms. The summed E-state index contributed by atoms with van der Waals surface area (Å²) in [6.07, 6.45) is -0.109. The lowest BCUT2D eigenvalue weighted by Crippen LogP contribution is -2.33. The van der Waals surface area contributed by atoms with Gasteiger partial charge in [0.05, 0.1) is 11.7 Å². The first-order valence-corrected chi connectivity index (χ1v) is 8.46. The number of rotatable bonds is 4. The minimum Gasteiger partial charge on any atom is -0.408 e. The first kappa shape index (κ1) is 18.1. The van der Waals surface area contributed by atoms with Crippen LogP contribution in [0.25, 0.3) is 10.9 Å². The number of benzene rings is 1. The van der Waals surface area contributed by atoms with Gasteiger partial charge in [0, 0.05) is 18.5 Å². The van der Waals surface area contributed by atoms with Crippen LogP contribution in [0.2, 0.25) is 0 Å². The molecule has 0 radical (unpaired) electrons. The number of aromatic nitrogens is 1. The van der Waals surface area contributed by atoms with E-state index in [1.807, 2.05) is 0 Å². The fraction of sp³-hybridized carbons (Fsp3) is 0.357. The van der Waals surface area contributed by atoms with Crippen molar-refractivity contribution in [1.29, 1.82) is 0 Å². The van der Waals surface area contributed by atoms with Crippen molar-refractivity contribution in [3.8, 4) is 5.75 Å². The number of alkyl halides is 3. The molecular formula is C14H15F3N2O4S. The van der Waals surface area contributed by atoms with Crippen LogP contribution in [0.15, 0.2) is 30.5 Å². The van der Waals surface area contributed by atoms with Crippen LogP contribution < -0.4 is 4.74 Å². The normalized spacial score (nSPS) is 12.4. The minimum atomic E-state index is -5.64. The third-order valence-corrected chi connectivity index (χ3v) is 4.82. The number of nitrogens with zero attached hydrogens (tertiary/aromatic N) is 2. The van der Waals surface area contributed by atoms with E-state index in [2.05, 4.69) is 0 Å². The Morgan fingerprint density at radius 3 is 2.33 bits per heavy atom. The maximum atomic E-state index is 12.8. The number of para-hydroxylation sites is 1. The van der Waals surface area contributed by atoms with Crippen LogP contribution in [0.4, 0.5) is 18.0 Å². The lowest BCUT2D eigenvalue weighted by molar-refractivity contribution is -0.0445. The zero-order valence-electron chi connectivity index (χ0n) is 12.9. The topological polar surface area (TPSA) is 68.6 Å². The molecule has 0 unspecified atom stereocenters. The summed E-state index contributed by atoms with van der Waals surface area (Å²) in [6, 6.07) is 5.47. The Balaban J connectivity index is 2.57. The van der Waals surface area contributed by atoms with Crippen LogP contribution in [-0.2, 0) is 10.0 Å². The van der Waals surface area contributed by atoms with Gasteiger partial charge in [-0.25, -0.2) is 8.77 Å². The van der Waals surface area contributed by atoms with Crippen molar-refractivity contribution in [3.63, 3.8) is 0 Å². The predicted octanol–water partition coefficient (Wildman–Crippen LogP) is 3.18. The molecule has 2 rings (SSSR count). The highest BCUT2D eigenvalue weighted by molar-refractivity contribution is 7.90. The highest BCUT2D eigenvalue weighted by Gasteiger charge is 2.48. The van der Waals surface area contributed by atoms with Crippen molar-refractivity contribution in [2.24, 2.45) is 0 Å². The van der Waals surface area contributed by atoms with Gasteiger partial charge in [-0.15, -0.1) is 0 Å². The fourth-order valence-corrected chi connectivity index (χ4v) is 3.03. The summed E-state index contributed by atoms with van der Waals surface area (Å²) in [5, 5.41) is 0.0887. The van der Waals surface area contributed by atoms with E-state index in [4.69, 9.17) is 4.74 Å². The van der Waals surface area contributed by atoms with Crippen molar-refractivity contribution in [2.45, 2.75) is 19.4 Å². The van der Waals surface area contributed by atoms with E-state index < -0.39 is 21.6 Å². The molecule has 0 bridgehead atoms. The third kappa shape index (κ3) is 3.05. The summed E-state index contributed by atoms with van der Waals surface area (Å²) in [4.78, 5) is 13.3. The number of amides is 1. The van der Waals surface area contributed by atoms with Crippen LogP contribution in [0.5, 0.6) is 5.75 Å². The van der Waals surface area contributed by atoms with E-state index in [1.54, 1.807) is 13.8 Å². The average Bonchev–Trinajstić information content (AvgIpc) is 2.87. The van der Waals surface area contributed by atoms with Gasteiger partial charge in [0.2, 0.25) is 0 Å². The Morgan fingerprint density at radius 2 is 1.79 bits per heavy atom. The number of ether oxygens (including phenoxy) is 1. The molecule has 0 aliphatic heterocycles. The van der Waals surface area contributed by atoms with Gasteiger partial charge >= 0.3 is 21.6 Å². The SMILES string of the molecule is CCN(CC)C(=O)Oc1cn(S(=O)(=O)C(F)(F)F)c2ccccc12. The van der Waals surface area contributed by atoms with Crippen LogP contribution in [0.1, 0.15) is 13.8 Å². The Bertz CT molecular complexity index is 855. The minimum absolute atomic E-state index is 0.0766. The highest BCUT2D eigenvalue weighted by Crippen LogP contribution is 2.34. The fourth-order valence-electron chi connectivity index (χ4n) is 2.15. The molecule has 24 heavy (non-hydrogen) atoms. The molecule has 0 aliphatic rings. The van der Waals surface area contributed by atoms with Gasteiger partial charge < -0.3 is 9.64 Å². The van der Waals surface area contributed by atoms with Crippen molar-refractivity contribution in [3.05, 3.63) is 30.5 Å². The largest absolute Gasteiger partial charge is 0.517 e. The van der Waals surface area contributed by atoms with Crippen LogP contribution in [0.3, 0.4) is 0 Å². The Kier molecular flexibility index (Phi) is 4.79. The molecule has 2 aromatic rings. The zero-order valence-corrected chi connectivity index (χ0v) is 13.7. The van der Waals surface area contributed by atoms with E-state index in [9.17, 15) is 26.4 Å². The number of carbonyl (C=O) groups excluding carboxylic acids is 1. The highest BCUT2D eigenvalue weighted by atomic mass is 32.2. The molecule has 1 heterocycles. The summed E-state index contributed by atoms with van der Waals surface area (Å²) >= 11 is 0. The summed E-state index contributed by atoms with van der Waals surface area (Å²) in [5.74, 6) is -0.254. The van der Waals surface area contributed by atoms with Crippen LogP contribution in [0, 0.1) is 0 Å². The second kappa shape index (κ2) is 6.34. The molecule has 0 N–H and O–H groups in total. The van der Waals surface area contributed by atoms with Crippen molar-refractivity contribution in [2.75, 3.05) is 13.1 Å². The molecule has 0 atom stereocenters. The van der Waals surface area contributed by atoms with Gasteiger partial charge in [0.25, 0.3) is 0 Å². The van der Waals surface area contributed by atoms with Gasteiger partial charge in [-0.3, -0.25) is 0 Å². The first-order valence-electron chi connectivity index (χ1n) is 7.02. The molecule has 0 saturated carbocycles. The summed E-state index contributed by atoms with van der Waals surface area (Å²) in [6.45, 7) is 4.11. The maximum absolute atomic E-state index is 12.8. The van der Waals surface area contributed by atoms with Gasteiger partial charge in [-0.05, 0) is 26.0 Å². The quantitative estimate of drug-likeness (QED) is 0.836. The molecule has 6 nitrogen and oxygen atoms in total. The Morgan fingerprint density at radius 1 is 1.21 bits per heavy atom. The van der Waals surface area contributed by atoms with Gasteiger partial charge in [-0.1, -0.05) is 12.1 Å². The Hall–Kier alpha value is -2.23. The molecule has 0 fully saturated rings.